The van der Waals surface area contributed by atoms with E-state index in [0.717, 1.165) is 13.0 Å². The van der Waals surface area contributed by atoms with Crippen LogP contribution in [-0.4, -0.2) is 49.4 Å². The Bertz CT molecular complexity index is 458. The predicted molar refractivity (Wildman–Crippen MR) is 120 cm³/mol. The molecule has 28 heavy (non-hydrogen) atoms. The molecule has 1 saturated heterocycles. The Hall–Kier alpha value is -0.130. The molecule has 0 atom stereocenters. The summed E-state index contributed by atoms with van der Waals surface area (Å²) in [5.74, 6) is -0.0778. The zero-order chi connectivity index (χ0) is 20.6. The Morgan fingerprint density at radius 1 is 0.643 bits per heavy atom. The SMILES string of the molecule is CCCCCCCCCCCCCC[N+]1(CCCCS(=O)(=O)O)CCCCC1. The van der Waals surface area contributed by atoms with E-state index >= 15 is 0 Å². The molecule has 0 aromatic rings. The average molecular weight is 419 g/mol. The standard InChI is InChI=1S/C23H47NO3S/c1-2-3-4-5-6-7-8-9-10-11-12-14-19-24(20-15-13-16-21-24)22-17-18-23-28(25,26)27/h2-23H2,1H3/p+1. The summed E-state index contributed by atoms with van der Waals surface area (Å²) in [6.45, 7) is 7.17. The van der Waals surface area contributed by atoms with E-state index in [4.69, 9.17) is 4.55 Å². The van der Waals surface area contributed by atoms with Crippen molar-refractivity contribution in [2.45, 2.75) is 116 Å². The van der Waals surface area contributed by atoms with Crippen LogP contribution in [0.25, 0.3) is 0 Å². The topological polar surface area (TPSA) is 54.4 Å². The first-order valence-electron chi connectivity index (χ1n) is 12.3. The molecule has 1 rings (SSSR count). The van der Waals surface area contributed by atoms with E-state index in [1.54, 1.807) is 0 Å². The van der Waals surface area contributed by atoms with Crippen LogP contribution in [0.3, 0.4) is 0 Å². The maximum atomic E-state index is 10.9. The lowest BCUT2D eigenvalue weighted by molar-refractivity contribution is -0.932. The largest absolute Gasteiger partial charge is 0.324 e. The van der Waals surface area contributed by atoms with Crippen molar-refractivity contribution in [3.63, 3.8) is 0 Å². The molecule has 1 fully saturated rings. The van der Waals surface area contributed by atoms with Crippen molar-refractivity contribution < 1.29 is 17.5 Å². The van der Waals surface area contributed by atoms with Gasteiger partial charge < -0.3 is 4.48 Å². The Morgan fingerprint density at radius 2 is 1.07 bits per heavy atom. The molecule has 1 aliphatic rings. The number of piperidine rings is 1. The first kappa shape index (κ1) is 25.9. The lowest BCUT2D eigenvalue weighted by Gasteiger charge is -2.42. The highest BCUT2D eigenvalue weighted by molar-refractivity contribution is 7.85. The van der Waals surface area contributed by atoms with Crippen LogP contribution in [0, 0.1) is 0 Å². The van der Waals surface area contributed by atoms with Gasteiger partial charge >= 0.3 is 0 Å². The number of rotatable bonds is 18. The number of nitrogens with zero attached hydrogens (tertiary/aromatic N) is 1. The van der Waals surface area contributed by atoms with E-state index in [-0.39, 0.29) is 5.75 Å². The highest BCUT2D eigenvalue weighted by atomic mass is 32.2. The second-order valence-electron chi connectivity index (χ2n) is 9.18. The number of quaternary nitrogens is 1. The number of hydrogen-bond acceptors (Lipinski definition) is 2. The van der Waals surface area contributed by atoms with Gasteiger partial charge in [-0.15, -0.1) is 0 Å². The summed E-state index contributed by atoms with van der Waals surface area (Å²) in [7, 11) is -3.79. The number of likely N-dealkylation sites (tertiary alicyclic amines) is 1. The van der Waals surface area contributed by atoms with Gasteiger partial charge in [-0.1, -0.05) is 71.1 Å². The van der Waals surface area contributed by atoms with Gasteiger partial charge in [0.15, 0.2) is 0 Å². The van der Waals surface area contributed by atoms with Gasteiger partial charge in [-0.05, 0) is 44.9 Å². The second kappa shape index (κ2) is 15.7. The molecule has 0 unspecified atom stereocenters. The monoisotopic (exact) mass is 418 g/mol. The summed E-state index contributed by atoms with van der Waals surface area (Å²) in [6.07, 6.45) is 22.2. The molecule has 1 aliphatic heterocycles. The minimum absolute atomic E-state index is 0.0778. The average Bonchev–Trinajstić information content (AvgIpc) is 2.66. The van der Waals surface area contributed by atoms with Crippen molar-refractivity contribution in [1.82, 2.24) is 0 Å². The smallest absolute Gasteiger partial charge is 0.264 e. The number of hydrogen-bond donors (Lipinski definition) is 1. The second-order valence-corrected chi connectivity index (χ2v) is 10.8. The minimum atomic E-state index is -3.79. The third-order valence-electron chi connectivity index (χ3n) is 6.54. The van der Waals surface area contributed by atoms with E-state index in [0.29, 0.717) is 6.42 Å². The van der Waals surface area contributed by atoms with Gasteiger partial charge in [0.1, 0.15) is 0 Å². The molecule has 0 saturated carbocycles. The molecule has 0 aromatic carbocycles. The van der Waals surface area contributed by atoms with Crippen LogP contribution in [-0.2, 0) is 10.1 Å². The van der Waals surface area contributed by atoms with Gasteiger partial charge in [-0.3, -0.25) is 4.55 Å². The van der Waals surface area contributed by atoms with Crippen molar-refractivity contribution in [2.75, 3.05) is 31.9 Å². The third-order valence-corrected chi connectivity index (χ3v) is 7.34. The fourth-order valence-electron chi connectivity index (χ4n) is 4.76. The summed E-state index contributed by atoms with van der Waals surface area (Å²) in [5.41, 5.74) is 0. The van der Waals surface area contributed by atoms with Gasteiger partial charge in [-0.2, -0.15) is 8.42 Å². The van der Waals surface area contributed by atoms with Crippen molar-refractivity contribution >= 4 is 10.1 Å². The van der Waals surface area contributed by atoms with Crippen LogP contribution in [0.4, 0.5) is 0 Å². The third kappa shape index (κ3) is 13.9. The van der Waals surface area contributed by atoms with Crippen LogP contribution in [0.1, 0.15) is 116 Å². The van der Waals surface area contributed by atoms with Crippen molar-refractivity contribution in [2.24, 2.45) is 0 Å². The molecular weight excluding hydrogens is 370 g/mol. The van der Waals surface area contributed by atoms with Crippen molar-refractivity contribution in [3.05, 3.63) is 0 Å². The van der Waals surface area contributed by atoms with E-state index in [1.807, 2.05) is 0 Å². The van der Waals surface area contributed by atoms with E-state index < -0.39 is 10.1 Å². The fourth-order valence-corrected chi connectivity index (χ4v) is 5.33. The highest BCUT2D eigenvalue weighted by Gasteiger charge is 2.28. The lowest BCUT2D eigenvalue weighted by Crippen LogP contribution is -2.52. The van der Waals surface area contributed by atoms with Gasteiger partial charge in [0.05, 0.1) is 31.9 Å². The number of unbranched alkanes of at least 4 members (excludes halogenated alkanes) is 12. The molecule has 5 heteroatoms. The van der Waals surface area contributed by atoms with Gasteiger partial charge in [0.25, 0.3) is 10.1 Å². The van der Waals surface area contributed by atoms with Crippen LogP contribution >= 0.6 is 0 Å². The van der Waals surface area contributed by atoms with Gasteiger partial charge in [-0.25, -0.2) is 0 Å². The summed E-state index contributed by atoms with van der Waals surface area (Å²) in [6, 6.07) is 0. The molecule has 4 nitrogen and oxygen atoms in total. The normalized spacial score (nSPS) is 17.1. The molecule has 0 spiro atoms. The molecule has 1 heterocycles. The minimum Gasteiger partial charge on any atom is -0.324 e. The molecule has 168 valence electrons. The summed E-state index contributed by atoms with van der Waals surface area (Å²) >= 11 is 0. The van der Waals surface area contributed by atoms with Crippen LogP contribution in [0.15, 0.2) is 0 Å². The van der Waals surface area contributed by atoms with Gasteiger partial charge in [0.2, 0.25) is 0 Å². The quantitative estimate of drug-likeness (QED) is 0.160. The molecule has 0 bridgehead atoms. The van der Waals surface area contributed by atoms with E-state index in [2.05, 4.69) is 6.92 Å². The summed E-state index contributed by atoms with van der Waals surface area (Å²) in [5, 5.41) is 0. The Kier molecular flexibility index (Phi) is 14.5. The Balaban J connectivity index is 2.07. The maximum Gasteiger partial charge on any atom is 0.264 e. The Morgan fingerprint density at radius 3 is 1.54 bits per heavy atom. The molecule has 0 aliphatic carbocycles. The zero-order valence-corrected chi connectivity index (χ0v) is 19.5. The van der Waals surface area contributed by atoms with Gasteiger partial charge in [0, 0.05) is 0 Å². The first-order valence-corrected chi connectivity index (χ1v) is 13.9. The predicted octanol–water partition coefficient (Wildman–Crippen LogP) is 6.36. The molecular formula is C23H48NO3S+. The zero-order valence-electron chi connectivity index (χ0n) is 18.7. The lowest BCUT2D eigenvalue weighted by atomic mass is 10.0. The van der Waals surface area contributed by atoms with Crippen molar-refractivity contribution in [1.29, 1.82) is 0 Å². The van der Waals surface area contributed by atoms with Crippen LogP contribution in [0.2, 0.25) is 0 Å². The van der Waals surface area contributed by atoms with E-state index in [9.17, 15) is 8.42 Å². The molecule has 0 radical (unpaired) electrons. The maximum absolute atomic E-state index is 10.9. The summed E-state index contributed by atoms with van der Waals surface area (Å²) in [4.78, 5) is 0. The van der Waals surface area contributed by atoms with Crippen molar-refractivity contribution in [3.8, 4) is 0 Å². The van der Waals surface area contributed by atoms with Crippen LogP contribution in [0.5, 0.6) is 0 Å². The molecule has 0 amide bonds. The summed E-state index contributed by atoms with van der Waals surface area (Å²) < 4.78 is 31.9. The molecule has 0 aromatic heterocycles. The Labute approximate surface area is 175 Å². The highest BCUT2D eigenvalue weighted by Crippen LogP contribution is 2.22. The first-order chi connectivity index (χ1) is 13.5. The van der Waals surface area contributed by atoms with E-state index in [1.165, 1.54) is 120 Å². The molecule has 1 N–H and O–H groups in total. The van der Waals surface area contributed by atoms with Crippen LogP contribution < -0.4 is 0 Å². The fraction of sp³-hybridized carbons (Fsp3) is 1.00.